The number of carbonyl (C=O) groups excluding carboxylic acids is 1. The van der Waals surface area contributed by atoms with Gasteiger partial charge in [0, 0.05) is 0 Å². The zero-order valence-corrected chi connectivity index (χ0v) is 9.51. The third kappa shape index (κ3) is 4.83. The lowest BCUT2D eigenvalue weighted by atomic mass is 9.95. The molecule has 16 heavy (non-hydrogen) atoms. The van der Waals surface area contributed by atoms with Crippen LogP contribution in [0.3, 0.4) is 0 Å². The molecule has 0 aromatic carbocycles. The van der Waals surface area contributed by atoms with Crippen molar-refractivity contribution in [3.63, 3.8) is 0 Å². The summed E-state index contributed by atoms with van der Waals surface area (Å²) in [5.41, 5.74) is 5.03. The normalized spacial score (nSPS) is 15.6. The van der Waals surface area contributed by atoms with E-state index in [2.05, 4.69) is 0 Å². The van der Waals surface area contributed by atoms with E-state index in [4.69, 9.17) is 10.5 Å². The van der Waals surface area contributed by atoms with Crippen molar-refractivity contribution in [1.29, 1.82) is 0 Å². The van der Waals surface area contributed by atoms with Crippen LogP contribution >= 0.6 is 0 Å². The lowest BCUT2D eigenvalue weighted by Gasteiger charge is -2.23. The zero-order valence-electron chi connectivity index (χ0n) is 9.51. The van der Waals surface area contributed by atoms with Crippen LogP contribution < -0.4 is 5.73 Å². The number of rotatable bonds is 6. The van der Waals surface area contributed by atoms with Crippen molar-refractivity contribution >= 4 is 5.97 Å². The van der Waals surface area contributed by atoms with Crippen molar-refractivity contribution in [2.24, 2.45) is 11.7 Å². The maximum Gasteiger partial charge on any atom is 0.404 e. The summed E-state index contributed by atoms with van der Waals surface area (Å²) >= 11 is 0. The van der Waals surface area contributed by atoms with Crippen LogP contribution in [-0.4, -0.2) is 24.8 Å². The van der Waals surface area contributed by atoms with E-state index in [-0.39, 0.29) is 13.0 Å². The van der Waals surface area contributed by atoms with E-state index in [1.54, 1.807) is 13.8 Å². The molecule has 0 heterocycles. The van der Waals surface area contributed by atoms with Gasteiger partial charge in [-0.25, -0.2) is 0 Å². The molecule has 0 amide bonds. The van der Waals surface area contributed by atoms with Crippen molar-refractivity contribution in [2.75, 3.05) is 6.61 Å². The van der Waals surface area contributed by atoms with Gasteiger partial charge in [0.05, 0.1) is 12.5 Å². The van der Waals surface area contributed by atoms with Gasteiger partial charge in [-0.05, 0) is 12.8 Å². The van der Waals surface area contributed by atoms with Crippen LogP contribution in [0.1, 0.15) is 33.1 Å². The predicted octanol–water partition coefficient (Wildman–Crippen LogP) is 2.25. The molecule has 0 aromatic heterocycles. The third-order valence-corrected chi connectivity index (χ3v) is 2.16. The standard InChI is InChI=1S/C10H18F3NO2/c1-3-5-7(8(14)10(11,12)13)9(15)16-6-4-2/h7-8H,3-6,14H2,1-2H3/t7-,8-/m1/s1. The molecule has 0 saturated heterocycles. The highest BCUT2D eigenvalue weighted by atomic mass is 19.4. The van der Waals surface area contributed by atoms with Crippen LogP contribution in [-0.2, 0) is 9.53 Å². The fraction of sp³-hybridized carbons (Fsp3) is 0.900. The molecule has 6 heteroatoms. The quantitative estimate of drug-likeness (QED) is 0.725. The summed E-state index contributed by atoms with van der Waals surface area (Å²) in [6.45, 7) is 3.60. The van der Waals surface area contributed by atoms with Gasteiger partial charge in [0.1, 0.15) is 6.04 Å². The third-order valence-electron chi connectivity index (χ3n) is 2.16. The van der Waals surface area contributed by atoms with Gasteiger partial charge in [-0.1, -0.05) is 20.3 Å². The molecule has 0 aliphatic carbocycles. The van der Waals surface area contributed by atoms with Gasteiger partial charge in [0.25, 0.3) is 0 Å². The molecule has 0 saturated carbocycles. The number of carbonyl (C=O) groups is 1. The molecule has 0 unspecified atom stereocenters. The van der Waals surface area contributed by atoms with Gasteiger partial charge in [-0.15, -0.1) is 0 Å². The van der Waals surface area contributed by atoms with Crippen LogP contribution in [0.4, 0.5) is 13.2 Å². The predicted molar refractivity (Wildman–Crippen MR) is 53.7 cm³/mol. The molecule has 96 valence electrons. The summed E-state index contributed by atoms with van der Waals surface area (Å²) in [4.78, 5) is 11.4. The Kier molecular flexibility index (Phi) is 6.40. The molecule has 2 N–H and O–H groups in total. The molecule has 0 aliphatic rings. The molecule has 0 radical (unpaired) electrons. The Bertz CT molecular complexity index is 219. The first-order valence-electron chi connectivity index (χ1n) is 5.33. The van der Waals surface area contributed by atoms with Crippen molar-refractivity contribution in [3.05, 3.63) is 0 Å². The van der Waals surface area contributed by atoms with Crippen molar-refractivity contribution in [3.8, 4) is 0 Å². The summed E-state index contributed by atoms with van der Waals surface area (Å²) in [6, 6.07) is -2.14. The molecule has 0 aliphatic heterocycles. The molecular weight excluding hydrogens is 223 g/mol. The van der Waals surface area contributed by atoms with E-state index < -0.39 is 24.1 Å². The topological polar surface area (TPSA) is 52.3 Å². The molecule has 3 nitrogen and oxygen atoms in total. The number of esters is 1. The Morgan fingerprint density at radius 3 is 2.25 bits per heavy atom. The van der Waals surface area contributed by atoms with E-state index in [9.17, 15) is 18.0 Å². The average molecular weight is 241 g/mol. The van der Waals surface area contributed by atoms with Gasteiger partial charge in [0.2, 0.25) is 0 Å². The summed E-state index contributed by atoms with van der Waals surface area (Å²) in [6.07, 6.45) is -3.45. The highest BCUT2D eigenvalue weighted by Gasteiger charge is 2.45. The van der Waals surface area contributed by atoms with Gasteiger partial charge < -0.3 is 10.5 Å². The van der Waals surface area contributed by atoms with Crippen LogP contribution in [0.2, 0.25) is 0 Å². The van der Waals surface area contributed by atoms with Gasteiger partial charge >= 0.3 is 12.1 Å². The summed E-state index contributed by atoms with van der Waals surface area (Å²) < 4.78 is 41.8. The molecule has 0 fully saturated rings. The maximum absolute atomic E-state index is 12.4. The molecule has 0 bridgehead atoms. The number of halogens is 3. The number of alkyl halides is 3. The second-order valence-electron chi connectivity index (χ2n) is 3.63. The first-order chi connectivity index (χ1) is 7.34. The fourth-order valence-corrected chi connectivity index (χ4v) is 1.29. The maximum atomic E-state index is 12.4. The first-order valence-corrected chi connectivity index (χ1v) is 5.33. The largest absolute Gasteiger partial charge is 0.465 e. The molecular formula is C10H18F3NO2. The van der Waals surface area contributed by atoms with E-state index in [1.807, 2.05) is 0 Å². The van der Waals surface area contributed by atoms with Crippen molar-refractivity contribution in [1.82, 2.24) is 0 Å². The number of nitrogens with two attached hydrogens (primary N) is 1. The Balaban J connectivity index is 4.53. The van der Waals surface area contributed by atoms with Crippen molar-refractivity contribution in [2.45, 2.75) is 45.3 Å². The smallest absolute Gasteiger partial charge is 0.404 e. The van der Waals surface area contributed by atoms with Crippen LogP contribution in [0.5, 0.6) is 0 Å². The first kappa shape index (κ1) is 15.2. The Hall–Kier alpha value is -0.780. The molecule has 0 rings (SSSR count). The highest BCUT2D eigenvalue weighted by molar-refractivity contribution is 5.73. The minimum Gasteiger partial charge on any atom is -0.465 e. The minimum absolute atomic E-state index is 0.0865. The fourth-order valence-electron chi connectivity index (χ4n) is 1.29. The van der Waals surface area contributed by atoms with Gasteiger partial charge in [-0.3, -0.25) is 4.79 Å². The minimum atomic E-state index is -4.56. The van der Waals surface area contributed by atoms with Gasteiger partial charge in [-0.2, -0.15) is 13.2 Å². The second kappa shape index (κ2) is 6.73. The summed E-state index contributed by atoms with van der Waals surface area (Å²) in [5, 5.41) is 0. The molecule has 0 spiro atoms. The monoisotopic (exact) mass is 241 g/mol. The Labute approximate surface area is 93.1 Å². The summed E-state index contributed by atoms with van der Waals surface area (Å²) in [5.74, 6) is -2.15. The van der Waals surface area contributed by atoms with Crippen LogP contribution in [0.15, 0.2) is 0 Å². The number of hydrogen-bond acceptors (Lipinski definition) is 3. The Morgan fingerprint density at radius 1 is 1.31 bits per heavy atom. The van der Waals surface area contributed by atoms with Crippen molar-refractivity contribution < 1.29 is 22.7 Å². The lowest BCUT2D eigenvalue weighted by Crippen LogP contribution is -2.47. The van der Waals surface area contributed by atoms with E-state index >= 15 is 0 Å². The van der Waals surface area contributed by atoms with E-state index in [0.29, 0.717) is 12.8 Å². The highest BCUT2D eigenvalue weighted by Crippen LogP contribution is 2.27. The average Bonchev–Trinajstić information content (AvgIpc) is 2.20. The SMILES string of the molecule is CCCOC(=O)[C@H](CCC)[C@@H](N)C(F)(F)F. The number of ether oxygens (including phenoxy) is 1. The van der Waals surface area contributed by atoms with Crippen LogP contribution in [0, 0.1) is 5.92 Å². The summed E-state index contributed by atoms with van der Waals surface area (Å²) in [7, 11) is 0. The number of hydrogen-bond donors (Lipinski definition) is 1. The molecule has 0 aromatic rings. The van der Waals surface area contributed by atoms with Crippen LogP contribution in [0.25, 0.3) is 0 Å². The lowest BCUT2D eigenvalue weighted by molar-refractivity contribution is -0.176. The van der Waals surface area contributed by atoms with E-state index in [1.165, 1.54) is 0 Å². The van der Waals surface area contributed by atoms with Gasteiger partial charge in [0.15, 0.2) is 0 Å². The Morgan fingerprint density at radius 2 is 1.88 bits per heavy atom. The molecule has 2 atom stereocenters. The zero-order chi connectivity index (χ0) is 12.8. The van der Waals surface area contributed by atoms with E-state index in [0.717, 1.165) is 0 Å². The second-order valence-corrected chi connectivity index (χ2v) is 3.63.